The number of anilines is 1. The summed E-state index contributed by atoms with van der Waals surface area (Å²) in [6.45, 7) is 6.66. The molecule has 1 aromatic carbocycles. The average Bonchev–Trinajstić information content (AvgIpc) is 2.54. The molecule has 0 aromatic heterocycles. The SMILES string of the molecule is CCSc1cccc(N2CCN3CCCCC3C2)c1C#N. The van der Waals surface area contributed by atoms with Crippen LogP contribution in [-0.4, -0.2) is 42.9 Å². The number of hydrogen-bond acceptors (Lipinski definition) is 4. The van der Waals surface area contributed by atoms with Crippen LogP contribution in [0.15, 0.2) is 23.1 Å². The van der Waals surface area contributed by atoms with E-state index in [1.165, 1.54) is 25.8 Å². The molecule has 1 unspecified atom stereocenters. The lowest BCUT2D eigenvalue weighted by Gasteiger charge is -2.45. The molecule has 1 atom stereocenters. The fourth-order valence-corrected chi connectivity index (χ4v) is 4.33. The first-order valence-corrected chi connectivity index (χ1v) is 8.97. The summed E-state index contributed by atoms with van der Waals surface area (Å²) in [4.78, 5) is 6.20. The first kappa shape index (κ1) is 14.7. The van der Waals surface area contributed by atoms with Crippen molar-refractivity contribution >= 4 is 17.4 Å². The summed E-state index contributed by atoms with van der Waals surface area (Å²) in [7, 11) is 0. The minimum absolute atomic E-state index is 0.682. The molecule has 21 heavy (non-hydrogen) atoms. The average molecular weight is 301 g/mol. The maximum atomic E-state index is 9.59. The summed E-state index contributed by atoms with van der Waals surface area (Å²) in [6.07, 6.45) is 4.01. The lowest BCUT2D eigenvalue weighted by Crippen LogP contribution is -2.55. The van der Waals surface area contributed by atoms with Gasteiger partial charge in [-0.3, -0.25) is 4.90 Å². The van der Waals surface area contributed by atoms with Crippen LogP contribution in [0.5, 0.6) is 0 Å². The van der Waals surface area contributed by atoms with E-state index in [2.05, 4.69) is 41.0 Å². The molecule has 2 saturated heterocycles. The maximum Gasteiger partial charge on any atom is 0.103 e. The van der Waals surface area contributed by atoms with Crippen molar-refractivity contribution in [3.05, 3.63) is 23.8 Å². The lowest BCUT2D eigenvalue weighted by molar-refractivity contribution is 0.133. The van der Waals surface area contributed by atoms with Crippen molar-refractivity contribution in [2.24, 2.45) is 0 Å². The molecule has 0 aliphatic carbocycles. The van der Waals surface area contributed by atoms with E-state index >= 15 is 0 Å². The van der Waals surface area contributed by atoms with Gasteiger partial charge in [0.2, 0.25) is 0 Å². The summed E-state index contributed by atoms with van der Waals surface area (Å²) in [5.74, 6) is 1.01. The number of piperidine rings is 1. The third kappa shape index (κ3) is 3.04. The fourth-order valence-electron chi connectivity index (χ4n) is 3.55. The molecule has 0 spiro atoms. The number of nitriles is 1. The molecule has 3 nitrogen and oxygen atoms in total. The van der Waals surface area contributed by atoms with E-state index in [1.54, 1.807) is 11.8 Å². The van der Waals surface area contributed by atoms with Crippen LogP contribution in [0.3, 0.4) is 0 Å². The van der Waals surface area contributed by atoms with Crippen molar-refractivity contribution in [1.29, 1.82) is 5.26 Å². The zero-order valence-electron chi connectivity index (χ0n) is 12.7. The Balaban J connectivity index is 1.83. The number of fused-ring (bicyclic) bond motifs is 1. The van der Waals surface area contributed by atoms with E-state index < -0.39 is 0 Å². The predicted molar refractivity (Wildman–Crippen MR) is 89.0 cm³/mol. The molecule has 0 amide bonds. The van der Waals surface area contributed by atoms with Crippen LogP contribution in [0.25, 0.3) is 0 Å². The van der Waals surface area contributed by atoms with Gasteiger partial charge in [-0.1, -0.05) is 19.4 Å². The van der Waals surface area contributed by atoms with Crippen molar-refractivity contribution in [2.45, 2.75) is 37.1 Å². The second kappa shape index (κ2) is 6.72. The van der Waals surface area contributed by atoms with E-state index in [0.717, 1.165) is 41.5 Å². The van der Waals surface area contributed by atoms with Crippen LogP contribution in [0.1, 0.15) is 31.7 Å². The molecule has 4 heteroatoms. The summed E-state index contributed by atoms with van der Waals surface area (Å²) in [5, 5.41) is 9.59. The van der Waals surface area contributed by atoms with Crippen LogP contribution in [0.4, 0.5) is 5.69 Å². The monoisotopic (exact) mass is 301 g/mol. The van der Waals surface area contributed by atoms with Crippen LogP contribution < -0.4 is 4.90 Å². The summed E-state index contributed by atoms with van der Waals surface area (Å²) >= 11 is 1.77. The van der Waals surface area contributed by atoms with Crippen LogP contribution in [-0.2, 0) is 0 Å². The number of piperazine rings is 1. The van der Waals surface area contributed by atoms with Gasteiger partial charge in [-0.25, -0.2) is 0 Å². The smallest absolute Gasteiger partial charge is 0.103 e. The molecule has 2 heterocycles. The number of benzene rings is 1. The summed E-state index contributed by atoms with van der Waals surface area (Å²) in [5.41, 5.74) is 2.01. The Labute approximate surface area is 131 Å². The van der Waals surface area contributed by atoms with E-state index in [4.69, 9.17) is 0 Å². The molecule has 2 aliphatic rings. The highest BCUT2D eigenvalue weighted by Crippen LogP contribution is 2.32. The second-order valence-corrected chi connectivity index (χ2v) is 7.13. The molecule has 0 bridgehead atoms. The van der Waals surface area contributed by atoms with Gasteiger partial charge in [-0.05, 0) is 37.3 Å². The zero-order valence-corrected chi connectivity index (χ0v) is 13.5. The molecule has 0 saturated carbocycles. The largest absolute Gasteiger partial charge is 0.368 e. The van der Waals surface area contributed by atoms with Gasteiger partial charge in [0, 0.05) is 30.6 Å². The Morgan fingerprint density at radius 3 is 3.00 bits per heavy atom. The number of thioether (sulfide) groups is 1. The number of hydrogen-bond donors (Lipinski definition) is 0. The predicted octanol–water partition coefficient (Wildman–Crippen LogP) is 3.34. The first-order chi connectivity index (χ1) is 10.3. The van der Waals surface area contributed by atoms with Crippen molar-refractivity contribution in [2.75, 3.05) is 36.8 Å². The van der Waals surface area contributed by atoms with Gasteiger partial charge in [0.05, 0.1) is 11.3 Å². The second-order valence-electron chi connectivity index (χ2n) is 5.83. The van der Waals surface area contributed by atoms with Crippen molar-refractivity contribution in [3.8, 4) is 6.07 Å². The highest BCUT2D eigenvalue weighted by atomic mass is 32.2. The molecule has 1 aromatic rings. The van der Waals surface area contributed by atoms with Crippen LogP contribution >= 0.6 is 11.8 Å². The Bertz CT molecular complexity index is 537. The lowest BCUT2D eigenvalue weighted by atomic mass is 9.98. The first-order valence-electron chi connectivity index (χ1n) is 7.98. The Hall–Kier alpha value is -1.18. The third-order valence-electron chi connectivity index (χ3n) is 4.59. The molecule has 0 radical (unpaired) electrons. The zero-order chi connectivity index (χ0) is 14.7. The Morgan fingerprint density at radius 1 is 1.29 bits per heavy atom. The quantitative estimate of drug-likeness (QED) is 0.801. The van der Waals surface area contributed by atoms with Gasteiger partial charge >= 0.3 is 0 Å². The van der Waals surface area contributed by atoms with Crippen LogP contribution in [0.2, 0.25) is 0 Å². The van der Waals surface area contributed by atoms with Crippen molar-refractivity contribution in [1.82, 2.24) is 4.90 Å². The van der Waals surface area contributed by atoms with Gasteiger partial charge in [-0.15, -0.1) is 11.8 Å². The van der Waals surface area contributed by atoms with Crippen molar-refractivity contribution in [3.63, 3.8) is 0 Å². The minimum Gasteiger partial charge on any atom is -0.368 e. The van der Waals surface area contributed by atoms with Crippen LogP contribution in [0, 0.1) is 11.3 Å². The number of nitrogens with zero attached hydrogens (tertiary/aromatic N) is 3. The summed E-state index contributed by atoms with van der Waals surface area (Å²) in [6, 6.07) is 9.42. The maximum absolute atomic E-state index is 9.59. The molecular formula is C17H23N3S. The minimum atomic E-state index is 0.682. The topological polar surface area (TPSA) is 30.3 Å². The van der Waals surface area contributed by atoms with E-state index in [9.17, 15) is 5.26 Å². The Morgan fingerprint density at radius 2 is 2.19 bits per heavy atom. The molecule has 112 valence electrons. The van der Waals surface area contributed by atoms with Gasteiger partial charge in [0.25, 0.3) is 0 Å². The normalized spacial score (nSPS) is 22.7. The molecule has 2 aliphatic heterocycles. The van der Waals surface area contributed by atoms with Gasteiger partial charge in [-0.2, -0.15) is 5.26 Å². The van der Waals surface area contributed by atoms with E-state index in [1.807, 2.05) is 0 Å². The molecule has 3 rings (SSSR count). The molecular weight excluding hydrogens is 278 g/mol. The Kier molecular flexibility index (Phi) is 4.72. The standard InChI is InChI=1S/C17H23N3S/c1-2-21-17-8-5-7-16(15(17)12-18)20-11-10-19-9-4-3-6-14(19)13-20/h5,7-8,14H,2-4,6,9-11,13H2,1H3. The highest BCUT2D eigenvalue weighted by molar-refractivity contribution is 7.99. The highest BCUT2D eigenvalue weighted by Gasteiger charge is 2.30. The van der Waals surface area contributed by atoms with Crippen molar-refractivity contribution < 1.29 is 0 Å². The fraction of sp³-hybridized carbons (Fsp3) is 0.588. The van der Waals surface area contributed by atoms with Gasteiger partial charge in [0.15, 0.2) is 0 Å². The molecule has 0 N–H and O–H groups in total. The third-order valence-corrected chi connectivity index (χ3v) is 5.53. The molecule has 2 fully saturated rings. The summed E-state index contributed by atoms with van der Waals surface area (Å²) < 4.78 is 0. The van der Waals surface area contributed by atoms with Gasteiger partial charge < -0.3 is 4.90 Å². The number of rotatable bonds is 3. The van der Waals surface area contributed by atoms with E-state index in [0.29, 0.717) is 6.04 Å². The van der Waals surface area contributed by atoms with Gasteiger partial charge in [0.1, 0.15) is 6.07 Å². The van der Waals surface area contributed by atoms with E-state index in [-0.39, 0.29) is 0 Å².